The number of aryl methyl sites for hydroxylation is 1. The van der Waals surface area contributed by atoms with Crippen molar-refractivity contribution in [3.05, 3.63) is 35.4 Å². The first kappa shape index (κ1) is 15.2. The van der Waals surface area contributed by atoms with Gasteiger partial charge in [0, 0.05) is 11.8 Å². The Morgan fingerprint density at radius 1 is 1.37 bits per heavy atom. The van der Waals surface area contributed by atoms with E-state index in [9.17, 15) is 13.2 Å². The van der Waals surface area contributed by atoms with E-state index in [4.69, 9.17) is 5.11 Å². The number of benzene rings is 1. The van der Waals surface area contributed by atoms with E-state index in [2.05, 4.69) is 4.72 Å². The van der Waals surface area contributed by atoms with Gasteiger partial charge in [-0.1, -0.05) is 6.07 Å². The van der Waals surface area contributed by atoms with Gasteiger partial charge in [0.05, 0.1) is 5.25 Å². The molecular formula is C13H17NO4S. The summed E-state index contributed by atoms with van der Waals surface area (Å²) in [4.78, 5) is 10.4. The number of nitrogens with one attached hydrogen (secondary N) is 1. The number of hydrogen-bond acceptors (Lipinski definition) is 3. The Hall–Kier alpha value is -1.82. The molecule has 0 spiro atoms. The van der Waals surface area contributed by atoms with Crippen molar-refractivity contribution in [1.82, 2.24) is 0 Å². The van der Waals surface area contributed by atoms with Crippen molar-refractivity contribution in [2.24, 2.45) is 0 Å². The highest BCUT2D eigenvalue weighted by molar-refractivity contribution is 7.93. The molecule has 1 rings (SSSR count). The molecule has 0 fully saturated rings. The second-order valence-corrected chi connectivity index (χ2v) is 6.68. The van der Waals surface area contributed by atoms with E-state index in [0.717, 1.165) is 17.2 Å². The number of anilines is 1. The van der Waals surface area contributed by atoms with Crippen molar-refractivity contribution < 1.29 is 18.3 Å². The van der Waals surface area contributed by atoms with Gasteiger partial charge < -0.3 is 5.11 Å². The van der Waals surface area contributed by atoms with Crippen molar-refractivity contribution in [3.63, 3.8) is 0 Å². The minimum atomic E-state index is -3.37. The standard InChI is InChI=1S/C13H17NO4S/c1-9(2)19(17,18)14-12-6-4-11(10(3)8-12)5-7-13(15)16/h4-9,14H,1-3H3,(H,15,16). The van der Waals surface area contributed by atoms with Gasteiger partial charge in [-0.05, 0) is 50.1 Å². The van der Waals surface area contributed by atoms with Gasteiger partial charge in [-0.15, -0.1) is 0 Å². The molecule has 0 heterocycles. The lowest BCUT2D eigenvalue weighted by atomic mass is 10.1. The number of carboxylic acids is 1. The van der Waals surface area contributed by atoms with Crippen LogP contribution in [-0.4, -0.2) is 24.7 Å². The Kier molecular flexibility index (Phi) is 4.72. The summed E-state index contributed by atoms with van der Waals surface area (Å²) in [6.45, 7) is 4.98. The summed E-state index contributed by atoms with van der Waals surface area (Å²) in [5.41, 5.74) is 2.00. The molecule has 1 aromatic carbocycles. The topological polar surface area (TPSA) is 83.5 Å². The van der Waals surface area contributed by atoms with Crippen LogP contribution in [0.3, 0.4) is 0 Å². The third kappa shape index (κ3) is 4.40. The third-order valence-corrected chi connectivity index (χ3v) is 4.32. The summed E-state index contributed by atoms with van der Waals surface area (Å²) >= 11 is 0. The van der Waals surface area contributed by atoms with E-state index < -0.39 is 21.2 Å². The van der Waals surface area contributed by atoms with Crippen molar-refractivity contribution in [2.75, 3.05) is 4.72 Å². The van der Waals surface area contributed by atoms with Crippen LogP contribution in [0.5, 0.6) is 0 Å². The lowest BCUT2D eigenvalue weighted by Crippen LogP contribution is -2.22. The normalized spacial score (nSPS) is 12.0. The number of rotatable bonds is 5. The zero-order valence-corrected chi connectivity index (χ0v) is 11.9. The minimum absolute atomic E-state index is 0.471. The van der Waals surface area contributed by atoms with Crippen LogP contribution in [-0.2, 0) is 14.8 Å². The van der Waals surface area contributed by atoms with Gasteiger partial charge >= 0.3 is 5.97 Å². The van der Waals surface area contributed by atoms with Crippen LogP contribution in [0, 0.1) is 6.92 Å². The van der Waals surface area contributed by atoms with Gasteiger partial charge in [0.25, 0.3) is 0 Å². The molecule has 104 valence electrons. The second-order valence-electron chi connectivity index (χ2n) is 4.44. The van der Waals surface area contributed by atoms with Crippen molar-refractivity contribution >= 4 is 27.8 Å². The molecule has 0 unspecified atom stereocenters. The van der Waals surface area contributed by atoms with Gasteiger partial charge in [-0.25, -0.2) is 13.2 Å². The molecule has 1 aromatic rings. The predicted octanol–water partition coefficient (Wildman–Crippen LogP) is 2.24. The average molecular weight is 283 g/mol. The van der Waals surface area contributed by atoms with Crippen LogP contribution in [0.2, 0.25) is 0 Å². The molecule has 5 nitrogen and oxygen atoms in total. The maximum Gasteiger partial charge on any atom is 0.328 e. The van der Waals surface area contributed by atoms with Crippen molar-refractivity contribution in [3.8, 4) is 0 Å². The monoisotopic (exact) mass is 283 g/mol. The van der Waals surface area contributed by atoms with Gasteiger partial charge in [0.2, 0.25) is 10.0 Å². The Balaban J connectivity index is 2.98. The highest BCUT2D eigenvalue weighted by atomic mass is 32.2. The van der Waals surface area contributed by atoms with Crippen LogP contribution >= 0.6 is 0 Å². The molecule has 0 aliphatic carbocycles. The summed E-state index contributed by atoms with van der Waals surface area (Å²) in [5.74, 6) is -1.02. The number of aliphatic carboxylic acids is 1. The average Bonchev–Trinajstić information content (AvgIpc) is 2.26. The molecule has 6 heteroatoms. The summed E-state index contributed by atoms with van der Waals surface area (Å²) in [6, 6.07) is 4.95. The Bertz CT molecular complexity index is 603. The largest absolute Gasteiger partial charge is 0.478 e. The highest BCUT2D eigenvalue weighted by Gasteiger charge is 2.15. The predicted molar refractivity (Wildman–Crippen MR) is 75.5 cm³/mol. The first-order valence-corrected chi connectivity index (χ1v) is 7.30. The van der Waals surface area contributed by atoms with Gasteiger partial charge in [-0.2, -0.15) is 0 Å². The zero-order valence-electron chi connectivity index (χ0n) is 11.0. The zero-order chi connectivity index (χ0) is 14.6. The molecule has 0 aliphatic heterocycles. The highest BCUT2D eigenvalue weighted by Crippen LogP contribution is 2.18. The first-order valence-electron chi connectivity index (χ1n) is 5.75. The van der Waals surface area contributed by atoms with Crippen molar-refractivity contribution in [1.29, 1.82) is 0 Å². The molecule has 19 heavy (non-hydrogen) atoms. The quantitative estimate of drug-likeness (QED) is 0.812. The maximum atomic E-state index is 11.7. The lowest BCUT2D eigenvalue weighted by Gasteiger charge is -2.12. The Morgan fingerprint density at radius 3 is 2.47 bits per heavy atom. The van der Waals surface area contributed by atoms with E-state index >= 15 is 0 Å². The smallest absolute Gasteiger partial charge is 0.328 e. The van der Waals surface area contributed by atoms with Crippen LogP contribution < -0.4 is 4.72 Å². The fourth-order valence-electron chi connectivity index (χ4n) is 1.37. The van der Waals surface area contributed by atoms with Gasteiger partial charge in [0.1, 0.15) is 0 Å². The molecule has 0 aromatic heterocycles. The van der Waals surface area contributed by atoms with Crippen LogP contribution in [0.1, 0.15) is 25.0 Å². The van der Waals surface area contributed by atoms with Crippen LogP contribution in [0.25, 0.3) is 6.08 Å². The molecule has 0 saturated heterocycles. The fourth-order valence-corrected chi connectivity index (χ4v) is 2.06. The van der Waals surface area contributed by atoms with E-state index in [1.165, 1.54) is 6.08 Å². The summed E-state index contributed by atoms with van der Waals surface area (Å²) < 4.78 is 25.9. The summed E-state index contributed by atoms with van der Waals surface area (Å²) in [5, 5.41) is 8.04. The first-order chi connectivity index (χ1) is 8.72. The van der Waals surface area contributed by atoms with E-state index in [-0.39, 0.29) is 0 Å². The number of carboxylic acid groups (broad SMARTS) is 1. The number of carbonyl (C=O) groups is 1. The van der Waals surface area contributed by atoms with Gasteiger partial charge in [0.15, 0.2) is 0 Å². The number of hydrogen-bond donors (Lipinski definition) is 2. The summed E-state index contributed by atoms with van der Waals surface area (Å²) in [6.07, 6.45) is 2.51. The molecule has 0 bridgehead atoms. The Morgan fingerprint density at radius 2 is 2.00 bits per heavy atom. The second kappa shape index (κ2) is 5.88. The van der Waals surface area contributed by atoms with Crippen LogP contribution in [0.4, 0.5) is 5.69 Å². The minimum Gasteiger partial charge on any atom is -0.478 e. The van der Waals surface area contributed by atoms with E-state index in [1.807, 2.05) is 0 Å². The Labute approximate surface area is 113 Å². The molecule has 0 saturated carbocycles. The van der Waals surface area contributed by atoms with Crippen molar-refractivity contribution in [2.45, 2.75) is 26.0 Å². The maximum absolute atomic E-state index is 11.7. The molecule has 2 N–H and O–H groups in total. The van der Waals surface area contributed by atoms with E-state index in [1.54, 1.807) is 39.0 Å². The molecule has 0 atom stereocenters. The van der Waals surface area contributed by atoms with Gasteiger partial charge in [-0.3, -0.25) is 4.72 Å². The number of sulfonamides is 1. The van der Waals surface area contributed by atoms with Crippen LogP contribution in [0.15, 0.2) is 24.3 Å². The summed E-state index contributed by atoms with van der Waals surface area (Å²) in [7, 11) is -3.37. The molecular weight excluding hydrogens is 266 g/mol. The SMILES string of the molecule is Cc1cc(NS(=O)(=O)C(C)C)ccc1C=CC(=O)O. The fraction of sp³-hybridized carbons (Fsp3) is 0.308. The molecule has 0 radical (unpaired) electrons. The molecule has 0 amide bonds. The lowest BCUT2D eigenvalue weighted by molar-refractivity contribution is -0.131. The third-order valence-electron chi connectivity index (χ3n) is 2.56. The molecule has 0 aliphatic rings. The van der Waals surface area contributed by atoms with E-state index in [0.29, 0.717) is 5.69 Å².